The number of pyridine rings is 1. The third kappa shape index (κ3) is 6.14. The molecule has 264 valence electrons. The summed E-state index contributed by atoms with van der Waals surface area (Å²) in [5, 5.41) is 9.56. The molecule has 12 nitrogen and oxygen atoms in total. The third-order valence-corrected chi connectivity index (χ3v) is 10.5. The van der Waals surface area contributed by atoms with Gasteiger partial charge in [0, 0.05) is 67.8 Å². The van der Waals surface area contributed by atoms with E-state index in [9.17, 15) is 9.59 Å². The highest BCUT2D eigenvalue weighted by Crippen LogP contribution is 2.43. The average molecular weight is 694 g/mol. The van der Waals surface area contributed by atoms with Crippen molar-refractivity contribution in [2.75, 3.05) is 40.5 Å². The highest BCUT2D eigenvalue weighted by Gasteiger charge is 2.47. The van der Waals surface area contributed by atoms with Crippen molar-refractivity contribution in [2.24, 2.45) is 0 Å². The fourth-order valence-corrected chi connectivity index (χ4v) is 7.86. The molecule has 2 atom stereocenters. The Labute approximate surface area is 295 Å². The van der Waals surface area contributed by atoms with Crippen molar-refractivity contribution >= 4 is 11.8 Å². The number of amides is 2. The summed E-state index contributed by atoms with van der Waals surface area (Å²) in [4.78, 5) is 39.9. The normalized spacial score (nSPS) is 20.5. The molecule has 2 unspecified atom stereocenters. The number of nitrogens with zero attached hydrogens (tertiary/aromatic N) is 4. The molecule has 1 spiro atoms. The van der Waals surface area contributed by atoms with Gasteiger partial charge in [0.05, 0.1) is 48.9 Å². The van der Waals surface area contributed by atoms with E-state index in [4.69, 9.17) is 29.2 Å². The van der Waals surface area contributed by atoms with Gasteiger partial charge in [-0.25, -0.2) is 14.4 Å². The Balaban J connectivity index is 1.04. The van der Waals surface area contributed by atoms with Crippen LogP contribution in [-0.2, 0) is 16.1 Å². The molecule has 4 aliphatic rings. The molecule has 0 radical (unpaired) electrons. The van der Waals surface area contributed by atoms with Gasteiger partial charge < -0.3 is 30.2 Å². The number of hydrogen-bond donors (Lipinski definition) is 3. The van der Waals surface area contributed by atoms with Gasteiger partial charge in [-0.15, -0.1) is 0 Å². The predicted molar refractivity (Wildman–Crippen MR) is 187 cm³/mol. The van der Waals surface area contributed by atoms with Crippen molar-refractivity contribution in [1.29, 1.82) is 0 Å². The highest BCUT2D eigenvalue weighted by molar-refractivity contribution is 5.81. The summed E-state index contributed by atoms with van der Waals surface area (Å²) in [5.74, 6) is 1.15. The molecule has 8 rings (SSSR count). The highest BCUT2D eigenvalue weighted by atomic mass is 19.1. The minimum Gasteiger partial charge on any atom is -0.491 e. The quantitative estimate of drug-likeness (QED) is 0.223. The lowest BCUT2D eigenvalue weighted by Crippen LogP contribution is -2.66. The Morgan fingerprint density at radius 2 is 1.73 bits per heavy atom. The van der Waals surface area contributed by atoms with Crippen molar-refractivity contribution in [1.82, 2.24) is 35.8 Å². The van der Waals surface area contributed by atoms with Crippen LogP contribution in [0.3, 0.4) is 0 Å². The Kier molecular flexibility index (Phi) is 8.55. The second-order valence-electron chi connectivity index (χ2n) is 13.8. The predicted octanol–water partition coefficient (Wildman–Crippen LogP) is 4.10. The minimum absolute atomic E-state index is 0.0668. The average Bonchev–Trinajstić information content (AvgIpc) is 3.85. The van der Waals surface area contributed by atoms with Crippen molar-refractivity contribution in [3.8, 4) is 51.2 Å². The van der Waals surface area contributed by atoms with Gasteiger partial charge in [0.25, 0.3) is 0 Å². The lowest BCUT2D eigenvalue weighted by Gasteiger charge is -2.47. The second-order valence-corrected chi connectivity index (χ2v) is 13.8. The van der Waals surface area contributed by atoms with Crippen LogP contribution in [-0.4, -0.2) is 83.7 Å². The van der Waals surface area contributed by atoms with Gasteiger partial charge in [0.2, 0.25) is 23.6 Å². The van der Waals surface area contributed by atoms with E-state index in [-0.39, 0.29) is 29.4 Å². The zero-order chi connectivity index (χ0) is 35.3. The minimum atomic E-state index is -0.415. The van der Waals surface area contributed by atoms with Crippen LogP contribution in [0.25, 0.3) is 33.6 Å². The van der Waals surface area contributed by atoms with E-state index in [1.54, 1.807) is 38.6 Å². The molecule has 6 heterocycles. The van der Waals surface area contributed by atoms with Crippen molar-refractivity contribution in [3.63, 3.8) is 0 Å². The summed E-state index contributed by atoms with van der Waals surface area (Å²) in [7, 11) is 3.12. The van der Waals surface area contributed by atoms with E-state index in [2.05, 4.69) is 20.9 Å². The molecule has 13 heteroatoms. The van der Waals surface area contributed by atoms with Gasteiger partial charge in [0.15, 0.2) is 0 Å². The number of carbonyl (C=O) groups is 2. The first-order valence-corrected chi connectivity index (χ1v) is 17.3. The van der Waals surface area contributed by atoms with Crippen molar-refractivity contribution < 1.29 is 28.2 Å². The van der Waals surface area contributed by atoms with Crippen LogP contribution < -0.4 is 30.2 Å². The van der Waals surface area contributed by atoms with Crippen LogP contribution in [0.2, 0.25) is 0 Å². The third-order valence-electron chi connectivity index (χ3n) is 10.5. The molecule has 51 heavy (non-hydrogen) atoms. The standard InChI is InChI=1S/C38H40FN7O5/c1-21-23(6-4-7-24(21)28-16-41-29(36(44-28)49-2)17-46-19-38(20-46)13-12-33(48)45-38)25-8-5-9-26(35(25)39)27-14-31-34(37(43-27)50-3)30(18-51-31)40-15-22-10-11-32(47)42-22/h4-9,14,16,22,30,40H,10-13,15,17-20H2,1-3H3,(H,42,47)(H,45,48). The molecule has 3 N–H and O–H groups in total. The van der Waals surface area contributed by atoms with E-state index in [1.807, 2.05) is 31.2 Å². The Morgan fingerprint density at radius 1 is 0.980 bits per heavy atom. The molecule has 0 bridgehead atoms. The first-order chi connectivity index (χ1) is 24.7. The van der Waals surface area contributed by atoms with Gasteiger partial charge in [-0.3, -0.25) is 19.5 Å². The molecule has 4 aliphatic heterocycles. The number of hydrogen-bond acceptors (Lipinski definition) is 10. The van der Waals surface area contributed by atoms with E-state index >= 15 is 4.39 Å². The lowest BCUT2D eigenvalue weighted by atomic mass is 9.88. The maximum atomic E-state index is 16.6. The molecule has 3 saturated heterocycles. The van der Waals surface area contributed by atoms with Crippen molar-refractivity contribution in [3.05, 3.63) is 71.3 Å². The monoisotopic (exact) mass is 693 g/mol. The molecule has 2 aromatic carbocycles. The molecule has 4 aromatic rings. The summed E-state index contributed by atoms with van der Waals surface area (Å²) in [6.45, 7) is 5.04. The largest absolute Gasteiger partial charge is 0.491 e. The summed E-state index contributed by atoms with van der Waals surface area (Å²) in [6, 6.07) is 12.7. The Hall–Kier alpha value is -5.14. The number of ether oxygens (including phenoxy) is 3. The number of rotatable bonds is 10. The summed E-state index contributed by atoms with van der Waals surface area (Å²) >= 11 is 0. The van der Waals surface area contributed by atoms with E-state index in [0.29, 0.717) is 78.1 Å². The van der Waals surface area contributed by atoms with Gasteiger partial charge in [0.1, 0.15) is 23.9 Å². The fraction of sp³-hybridized carbons (Fsp3) is 0.395. The van der Waals surface area contributed by atoms with E-state index in [1.165, 1.54) is 0 Å². The second kappa shape index (κ2) is 13.2. The van der Waals surface area contributed by atoms with Crippen molar-refractivity contribution in [2.45, 2.75) is 56.8 Å². The van der Waals surface area contributed by atoms with Crippen LogP contribution >= 0.6 is 0 Å². The lowest BCUT2D eigenvalue weighted by molar-refractivity contribution is -0.121. The van der Waals surface area contributed by atoms with Gasteiger partial charge in [-0.1, -0.05) is 30.3 Å². The molecular formula is C38H40FN7O5. The van der Waals surface area contributed by atoms with Crippen LogP contribution in [0, 0.1) is 12.7 Å². The van der Waals surface area contributed by atoms with Gasteiger partial charge >= 0.3 is 0 Å². The van der Waals surface area contributed by atoms with Crippen LogP contribution in [0.4, 0.5) is 4.39 Å². The number of aromatic nitrogens is 3. The topological polar surface area (TPSA) is 140 Å². The number of fused-ring (bicyclic) bond motifs is 1. The maximum Gasteiger partial charge on any atom is 0.237 e. The Morgan fingerprint density at radius 3 is 2.45 bits per heavy atom. The smallest absolute Gasteiger partial charge is 0.237 e. The number of methoxy groups -OCH3 is 2. The van der Waals surface area contributed by atoms with E-state index in [0.717, 1.165) is 48.3 Å². The zero-order valence-corrected chi connectivity index (χ0v) is 28.8. The number of carbonyl (C=O) groups excluding carboxylic acids is 2. The summed E-state index contributed by atoms with van der Waals surface area (Å²) < 4.78 is 34.0. The molecule has 3 fully saturated rings. The molecule has 0 saturated carbocycles. The van der Waals surface area contributed by atoms with Crippen LogP contribution in [0.15, 0.2) is 48.7 Å². The molecule has 2 aromatic heterocycles. The number of likely N-dealkylation sites (tertiary alicyclic amines) is 1. The summed E-state index contributed by atoms with van der Waals surface area (Å²) in [6.07, 6.45) is 4.49. The van der Waals surface area contributed by atoms with Crippen LogP contribution in [0.1, 0.15) is 48.5 Å². The fourth-order valence-electron chi connectivity index (χ4n) is 7.86. The molecular weight excluding hydrogens is 653 g/mol. The number of nitrogens with one attached hydrogen (secondary N) is 3. The van der Waals surface area contributed by atoms with Crippen LogP contribution in [0.5, 0.6) is 17.5 Å². The summed E-state index contributed by atoms with van der Waals surface area (Å²) in [5.41, 5.74) is 5.53. The van der Waals surface area contributed by atoms with Gasteiger partial charge in [-0.05, 0) is 37.0 Å². The first kappa shape index (κ1) is 33.0. The first-order valence-electron chi connectivity index (χ1n) is 17.3. The van der Waals surface area contributed by atoms with E-state index < -0.39 is 5.82 Å². The SMILES string of the molecule is COc1nc(-c2cccc(-c3cccc(-c4cc5c(c(OC)n4)C(NCC4CCC(=O)N4)CO5)c3F)c2C)cnc1CN1CC2(CCC(=O)N2)C1. The molecule has 0 aliphatic carbocycles. The number of benzene rings is 2. The zero-order valence-electron chi connectivity index (χ0n) is 28.8. The number of halogens is 1. The molecule has 2 amide bonds. The maximum absolute atomic E-state index is 16.6. The van der Waals surface area contributed by atoms with Gasteiger partial charge in [-0.2, -0.15) is 0 Å². The Bertz CT molecular complexity index is 2030.